The van der Waals surface area contributed by atoms with Crippen LogP contribution in [0.15, 0.2) is 29.2 Å². The van der Waals surface area contributed by atoms with Crippen LogP contribution in [-0.2, 0) is 16.6 Å². The van der Waals surface area contributed by atoms with E-state index in [1.165, 1.54) is 0 Å². The predicted octanol–water partition coefficient (Wildman–Crippen LogP) is 2.36. The molecule has 2 atom stereocenters. The van der Waals surface area contributed by atoms with Crippen molar-refractivity contribution in [3.8, 4) is 0 Å². The maximum absolute atomic E-state index is 12.8. The van der Waals surface area contributed by atoms with E-state index in [0.29, 0.717) is 4.90 Å². The van der Waals surface area contributed by atoms with E-state index in [9.17, 15) is 8.42 Å². The van der Waals surface area contributed by atoms with Crippen LogP contribution in [0.2, 0.25) is 0 Å². The average molecular weight is 296 g/mol. The van der Waals surface area contributed by atoms with E-state index in [2.05, 4.69) is 5.32 Å². The van der Waals surface area contributed by atoms with E-state index in [1.54, 1.807) is 16.4 Å². The lowest BCUT2D eigenvalue weighted by Crippen LogP contribution is -2.47. The molecule has 4 nitrogen and oxygen atoms in total. The van der Waals surface area contributed by atoms with Gasteiger partial charge in [-0.1, -0.05) is 18.6 Å². The summed E-state index contributed by atoms with van der Waals surface area (Å²) in [7, 11) is -1.50. The fraction of sp³-hybridized carbons (Fsp3) is 0.600. The zero-order valence-corrected chi connectivity index (χ0v) is 13.3. The molecule has 0 spiro atoms. The van der Waals surface area contributed by atoms with Crippen molar-refractivity contribution < 1.29 is 8.42 Å². The highest BCUT2D eigenvalue weighted by Gasteiger charge is 2.35. The van der Waals surface area contributed by atoms with Gasteiger partial charge in [0.1, 0.15) is 0 Å². The normalized spacial score (nSPS) is 24.8. The van der Waals surface area contributed by atoms with Crippen LogP contribution in [0.3, 0.4) is 0 Å². The summed E-state index contributed by atoms with van der Waals surface area (Å²) < 4.78 is 27.3. The lowest BCUT2D eigenvalue weighted by atomic mass is 10.0. The number of hydrogen-bond donors (Lipinski definition) is 1. The second-order valence-corrected chi connectivity index (χ2v) is 7.48. The molecule has 1 aliphatic rings. The molecule has 5 heteroatoms. The van der Waals surface area contributed by atoms with Crippen molar-refractivity contribution in [2.75, 3.05) is 7.05 Å². The smallest absolute Gasteiger partial charge is 0.243 e. The number of benzene rings is 1. The molecule has 0 radical (unpaired) electrons. The summed E-state index contributed by atoms with van der Waals surface area (Å²) in [5, 5.41) is 3.06. The van der Waals surface area contributed by atoms with E-state index < -0.39 is 10.0 Å². The first-order chi connectivity index (χ1) is 9.46. The fourth-order valence-corrected chi connectivity index (χ4v) is 4.86. The van der Waals surface area contributed by atoms with Crippen molar-refractivity contribution in [1.82, 2.24) is 9.62 Å². The lowest BCUT2D eigenvalue weighted by Gasteiger charge is -2.37. The van der Waals surface area contributed by atoms with Gasteiger partial charge in [-0.2, -0.15) is 4.31 Å². The van der Waals surface area contributed by atoms with Crippen LogP contribution >= 0.6 is 0 Å². The molecule has 0 unspecified atom stereocenters. The maximum atomic E-state index is 12.8. The molecule has 0 bridgehead atoms. The maximum Gasteiger partial charge on any atom is 0.243 e. The zero-order valence-electron chi connectivity index (χ0n) is 12.5. The first kappa shape index (κ1) is 15.5. The number of piperidine rings is 1. The van der Waals surface area contributed by atoms with Crippen LogP contribution in [0, 0.1) is 0 Å². The third kappa shape index (κ3) is 3.05. The molecule has 1 heterocycles. The molecule has 0 aliphatic carbocycles. The summed E-state index contributed by atoms with van der Waals surface area (Å²) in [6, 6.07) is 7.36. The molecular weight excluding hydrogens is 272 g/mol. The van der Waals surface area contributed by atoms with Crippen LogP contribution in [0.4, 0.5) is 0 Å². The van der Waals surface area contributed by atoms with Gasteiger partial charge in [-0.05, 0) is 51.4 Å². The first-order valence-electron chi connectivity index (χ1n) is 7.24. The Kier molecular flexibility index (Phi) is 4.83. The molecule has 1 saturated heterocycles. The topological polar surface area (TPSA) is 49.4 Å². The molecule has 2 rings (SSSR count). The van der Waals surface area contributed by atoms with Crippen LogP contribution in [0.1, 0.15) is 38.7 Å². The summed E-state index contributed by atoms with van der Waals surface area (Å²) >= 11 is 0. The number of sulfonamides is 1. The molecule has 0 amide bonds. The Labute approximate surface area is 122 Å². The number of hydrogen-bond acceptors (Lipinski definition) is 3. The van der Waals surface area contributed by atoms with Gasteiger partial charge in [-0.15, -0.1) is 0 Å². The molecule has 0 aromatic heterocycles. The summed E-state index contributed by atoms with van der Waals surface area (Å²) in [6.07, 6.45) is 3.00. The molecule has 1 N–H and O–H groups in total. The lowest BCUT2D eigenvalue weighted by molar-refractivity contribution is 0.204. The third-order valence-electron chi connectivity index (χ3n) is 3.99. The van der Waals surface area contributed by atoms with Gasteiger partial charge < -0.3 is 5.32 Å². The van der Waals surface area contributed by atoms with Crippen LogP contribution in [0.5, 0.6) is 0 Å². The Morgan fingerprint density at radius 1 is 1.15 bits per heavy atom. The minimum absolute atomic E-state index is 0.0840. The number of rotatable bonds is 4. The molecule has 1 aromatic rings. The van der Waals surface area contributed by atoms with Gasteiger partial charge in [0.05, 0.1) is 4.90 Å². The van der Waals surface area contributed by atoms with E-state index in [4.69, 9.17) is 0 Å². The van der Waals surface area contributed by atoms with Crippen molar-refractivity contribution in [2.24, 2.45) is 0 Å². The summed E-state index contributed by atoms with van der Waals surface area (Å²) in [6.45, 7) is 4.75. The van der Waals surface area contributed by atoms with Crippen LogP contribution < -0.4 is 5.32 Å². The van der Waals surface area contributed by atoms with Gasteiger partial charge in [0.15, 0.2) is 0 Å². The average Bonchev–Trinajstić information content (AvgIpc) is 2.39. The fourth-order valence-electron chi connectivity index (χ4n) is 2.98. The third-order valence-corrected chi connectivity index (χ3v) is 6.14. The molecule has 1 fully saturated rings. The van der Waals surface area contributed by atoms with Gasteiger partial charge in [0.2, 0.25) is 10.0 Å². The summed E-state index contributed by atoms with van der Waals surface area (Å²) in [5.41, 5.74) is 1.09. The van der Waals surface area contributed by atoms with Gasteiger partial charge in [0.25, 0.3) is 0 Å². The summed E-state index contributed by atoms with van der Waals surface area (Å²) in [5.74, 6) is 0. The van der Waals surface area contributed by atoms with Gasteiger partial charge in [-0.25, -0.2) is 8.42 Å². The van der Waals surface area contributed by atoms with E-state index in [-0.39, 0.29) is 12.1 Å². The molecule has 20 heavy (non-hydrogen) atoms. The van der Waals surface area contributed by atoms with Crippen molar-refractivity contribution in [2.45, 2.75) is 56.6 Å². The Bertz CT molecular complexity index is 529. The Morgan fingerprint density at radius 2 is 1.70 bits per heavy atom. The highest BCUT2D eigenvalue weighted by atomic mass is 32.2. The van der Waals surface area contributed by atoms with E-state index >= 15 is 0 Å². The molecule has 0 saturated carbocycles. The number of nitrogens with zero attached hydrogens (tertiary/aromatic N) is 1. The Hall–Kier alpha value is -0.910. The van der Waals surface area contributed by atoms with E-state index in [1.807, 2.05) is 33.0 Å². The van der Waals surface area contributed by atoms with Crippen molar-refractivity contribution >= 4 is 10.0 Å². The largest absolute Gasteiger partial charge is 0.316 e. The highest BCUT2D eigenvalue weighted by Crippen LogP contribution is 2.29. The Balaban J connectivity index is 2.29. The second-order valence-electron chi connectivity index (χ2n) is 5.64. The van der Waals surface area contributed by atoms with Crippen LogP contribution in [-0.4, -0.2) is 31.9 Å². The second kappa shape index (κ2) is 6.24. The predicted molar refractivity (Wildman–Crippen MR) is 81.0 cm³/mol. The van der Waals surface area contributed by atoms with Crippen LogP contribution in [0.25, 0.3) is 0 Å². The van der Waals surface area contributed by atoms with Crippen molar-refractivity contribution in [1.29, 1.82) is 0 Å². The van der Waals surface area contributed by atoms with Crippen molar-refractivity contribution in [3.63, 3.8) is 0 Å². The quantitative estimate of drug-likeness (QED) is 0.928. The monoisotopic (exact) mass is 296 g/mol. The molecule has 112 valence electrons. The molecule has 1 aliphatic heterocycles. The number of nitrogens with one attached hydrogen (secondary N) is 1. The summed E-state index contributed by atoms with van der Waals surface area (Å²) in [4.78, 5) is 0.401. The van der Waals surface area contributed by atoms with Gasteiger partial charge in [-0.3, -0.25) is 0 Å². The standard InChI is InChI=1S/C15H24N2O2S/c1-12-5-4-6-13(2)17(12)20(18,19)15-9-7-14(8-10-15)11-16-3/h7-10,12-13,16H,4-6,11H2,1-3H3/t12-,13+. The minimum Gasteiger partial charge on any atom is -0.316 e. The Morgan fingerprint density at radius 3 is 2.20 bits per heavy atom. The zero-order chi connectivity index (χ0) is 14.8. The molecular formula is C15H24N2O2S. The first-order valence-corrected chi connectivity index (χ1v) is 8.68. The minimum atomic E-state index is -3.38. The molecule has 1 aromatic carbocycles. The van der Waals surface area contributed by atoms with Crippen molar-refractivity contribution in [3.05, 3.63) is 29.8 Å². The SMILES string of the molecule is CNCc1ccc(S(=O)(=O)N2[C@H](C)CCC[C@@H]2C)cc1. The van der Waals surface area contributed by atoms with Gasteiger partial charge >= 0.3 is 0 Å². The highest BCUT2D eigenvalue weighted by molar-refractivity contribution is 7.89. The van der Waals surface area contributed by atoms with Gasteiger partial charge in [0, 0.05) is 18.6 Å². The van der Waals surface area contributed by atoms with E-state index in [0.717, 1.165) is 31.4 Å².